The highest BCUT2D eigenvalue weighted by Gasteiger charge is 2.18. The Kier molecular flexibility index (Phi) is 22.9. The highest BCUT2D eigenvalue weighted by atomic mass is 32.2. The van der Waals surface area contributed by atoms with Gasteiger partial charge in [-0.3, -0.25) is 4.18 Å². The molecule has 0 heterocycles. The quantitative estimate of drug-likeness (QED) is 0.0718. The first-order valence-corrected chi connectivity index (χ1v) is 19.1. The number of hydrogen-bond acceptors (Lipinski definition) is 3. The molecular formula is C37H68O3S. The maximum atomic E-state index is 12.9. The summed E-state index contributed by atoms with van der Waals surface area (Å²) in [4.78, 5) is 0.376. The fourth-order valence-corrected chi connectivity index (χ4v) is 6.89. The topological polar surface area (TPSA) is 43.4 Å². The van der Waals surface area contributed by atoms with Crippen molar-refractivity contribution in [2.45, 2.75) is 193 Å². The van der Waals surface area contributed by atoms with Gasteiger partial charge in [0.25, 0.3) is 10.1 Å². The van der Waals surface area contributed by atoms with Gasteiger partial charge in [0.15, 0.2) is 0 Å². The van der Waals surface area contributed by atoms with Crippen LogP contribution in [0.1, 0.15) is 187 Å². The Morgan fingerprint density at radius 3 is 1.46 bits per heavy atom. The molecule has 1 aromatic rings. The molecule has 240 valence electrons. The Bertz CT molecular complexity index is 825. The summed E-state index contributed by atoms with van der Waals surface area (Å²) in [5.41, 5.74) is 1.40. The average molecular weight is 593 g/mol. The van der Waals surface area contributed by atoms with Gasteiger partial charge in [-0.05, 0) is 42.7 Å². The van der Waals surface area contributed by atoms with Gasteiger partial charge in [0.1, 0.15) is 0 Å². The number of benzene rings is 1. The molecule has 3 nitrogen and oxygen atoms in total. The Morgan fingerprint density at radius 1 is 0.561 bits per heavy atom. The van der Waals surface area contributed by atoms with Crippen LogP contribution >= 0.6 is 0 Å². The number of unbranched alkanes of at least 4 members (excludes halogenated alkanes) is 21. The van der Waals surface area contributed by atoms with Crippen LogP contribution in [0.15, 0.2) is 29.2 Å². The van der Waals surface area contributed by atoms with E-state index in [1.807, 2.05) is 18.2 Å². The normalized spacial score (nSPS) is 12.3. The lowest BCUT2D eigenvalue weighted by molar-refractivity contribution is 0.305. The van der Waals surface area contributed by atoms with Gasteiger partial charge in [-0.25, -0.2) is 0 Å². The van der Waals surface area contributed by atoms with E-state index in [4.69, 9.17) is 4.18 Å². The maximum Gasteiger partial charge on any atom is 0.297 e. The first kappa shape index (κ1) is 38.2. The van der Waals surface area contributed by atoms with Gasteiger partial charge in [0, 0.05) is 0 Å². The van der Waals surface area contributed by atoms with Gasteiger partial charge < -0.3 is 0 Å². The molecule has 1 rings (SSSR count). The molecule has 0 radical (unpaired) electrons. The zero-order valence-electron chi connectivity index (χ0n) is 27.8. The van der Waals surface area contributed by atoms with E-state index in [9.17, 15) is 8.42 Å². The number of rotatable bonds is 28. The summed E-state index contributed by atoms with van der Waals surface area (Å²) in [6, 6.07) is 7.43. The van der Waals surface area contributed by atoms with Gasteiger partial charge in [-0.2, -0.15) is 8.42 Å². The van der Waals surface area contributed by atoms with Crippen molar-refractivity contribution in [3.8, 4) is 0 Å². The first-order valence-electron chi connectivity index (χ1n) is 17.7. The van der Waals surface area contributed by atoms with Crippen LogP contribution in [0.5, 0.6) is 0 Å². The van der Waals surface area contributed by atoms with Gasteiger partial charge in [-0.15, -0.1) is 0 Å². The second kappa shape index (κ2) is 24.6. The predicted octanol–water partition coefficient (Wildman–Crippen LogP) is 12.4. The van der Waals surface area contributed by atoms with E-state index in [0.29, 0.717) is 16.9 Å². The Hall–Kier alpha value is -0.870. The van der Waals surface area contributed by atoms with E-state index in [-0.39, 0.29) is 0 Å². The second-order valence-electron chi connectivity index (χ2n) is 13.7. The molecule has 0 saturated carbocycles. The van der Waals surface area contributed by atoms with Crippen molar-refractivity contribution < 1.29 is 12.6 Å². The summed E-state index contributed by atoms with van der Waals surface area (Å²) in [7, 11) is -3.68. The number of hydrogen-bond donors (Lipinski definition) is 0. The van der Waals surface area contributed by atoms with Crippen LogP contribution in [0.3, 0.4) is 0 Å². The summed E-state index contributed by atoms with van der Waals surface area (Å²) in [6.45, 7) is 9.58. The zero-order valence-corrected chi connectivity index (χ0v) is 28.6. The van der Waals surface area contributed by atoms with E-state index in [1.54, 1.807) is 6.07 Å². The summed E-state index contributed by atoms with van der Waals surface area (Å²) >= 11 is 0. The lowest BCUT2D eigenvalue weighted by Crippen LogP contribution is -2.10. The van der Waals surface area contributed by atoms with E-state index in [0.717, 1.165) is 31.2 Å². The third kappa shape index (κ3) is 22.3. The van der Waals surface area contributed by atoms with Crippen LogP contribution in [0.2, 0.25) is 0 Å². The summed E-state index contributed by atoms with van der Waals surface area (Å²) in [5.74, 6) is 0. The minimum atomic E-state index is -3.68. The van der Waals surface area contributed by atoms with Gasteiger partial charge in [0.2, 0.25) is 0 Å². The largest absolute Gasteiger partial charge is 0.297 e. The Balaban J connectivity index is 2.06. The van der Waals surface area contributed by atoms with Crippen molar-refractivity contribution in [3.63, 3.8) is 0 Å². The predicted molar refractivity (Wildman–Crippen MR) is 179 cm³/mol. The molecule has 0 aliphatic carbocycles. The van der Waals surface area contributed by atoms with Gasteiger partial charge in [0.05, 0.1) is 11.5 Å². The molecule has 0 spiro atoms. The van der Waals surface area contributed by atoms with Crippen molar-refractivity contribution in [2.75, 3.05) is 6.61 Å². The van der Waals surface area contributed by atoms with Crippen LogP contribution in [0, 0.1) is 5.41 Å². The fourth-order valence-electron chi connectivity index (χ4n) is 5.69. The monoisotopic (exact) mass is 592 g/mol. The minimum absolute atomic E-state index is 0.296. The maximum absolute atomic E-state index is 12.9. The van der Waals surface area contributed by atoms with E-state index < -0.39 is 10.1 Å². The third-order valence-electron chi connectivity index (χ3n) is 8.35. The molecule has 4 heteroatoms. The smallest absolute Gasteiger partial charge is 0.266 e. The highest BCUT2D eigenvalue weighted by Crippen LogP contribution is 2.23. The van der Waals surface area contributed by atoms with Crippen molar-refractivity contribution in [2.24, 2.45) is 5.41 Å². The SMILES string of the molecule is CCCCCCCCCCCCc1ccccc1S(=O)(=O)OCCCCCCCCCCCCCCCC(C)(C)C. The summed E-state index contributed by atoms with van der Waals surface area (Å²) in [6.07, 6.45) is 31.7. The van der Waals surface area contributed by atoms with Gasteiger partial charge >= 0.3 is 0 Å². The highest BCUT2D eigenvalue weighted by molar-refractivity contribution is 7.86. The molecule has 0 fully saturated rings. The van der Waals surface area contributed by atoms with Crippen molar-refractivity contribution in [1.29, 1.82) is 0 Å². The minimum Gasteiger partial charge on any atom is -0.266 e. The second-order valence-corrected chi connectivity index (χ2v) is 15.3. The van der Waals surface area contributed by atoms with Crippen LogP contribution in [0.4, 0.5) is 0 Å². The van der Waals surface area contributed by atoms with Gasteiger partial charge in [-0.1, -0.05) is 181 Å². The summed E-state index contributed by atoms with van der Waals surface area (Å²) in [5, 5.41) is 0. The average Bonchev–Trinajstić information content (AvgIpc) is 2.93. The van der Waals surface area contributed by atoms with E-state index >= 15 is 0 Å². The van der Waals surface area contributed by atoms with E-state index in [2.05, 4.69) is 27.7 Å². The molecule has 0 aromatic heterocycles. The number of aryl methyl sites for hydroxylation is 1. The van der Waals surface area contributed by atoms with Crippen molar-refractivity contribution in [1.82, 2.24) is 0 Å². The molecule has 1 aromatic carbocycles. The van der Waals surface area contributed by atoms with Crippen LogP contribution in [-0.4, -0.2) is 15.0 Å². The van der Waals surface area contributed by atoms with Crippen LogP contribution < -0.4 is 0 Å². The Morgan fingerprint density at radius 2 is 0.976 bits per heavy atom. The van der Waals surface area contributed by atoms with E-state index in [1.165, 1.54) is 135 Å². The molecule has 0 atom stereocenters. The zero-order chi connectivity index (χ0) is 30.1. The Labute approximate surface area is 257 Å². The lowest BCUT2D eigenvalue weighted by Gasteiger charge is -2.17. The molecule has 0 amide bonds. The van der Waals surface area contributed by atoms with Crippen molar-refractivity contribution in [3.05, 3.63) is 29.8 Å². The van der Waals surface area contributed by atoms with Crippen LogP contribution in [0.25, 0.3) is 0 Å². The molecule has 0 aliphatic heterocycles. The molecule has 0 aliphatic rings. The third-order valence-corrected chi connectivity index (χ3v) is 9.77. The molecule has 0 unspecified atom stereocenters. The standard InChI is InChI=1S/C37H68O3S/c1-5-6-7-8-9-10-16-19-22-25-30-35-31-26-27-32-36(35)41(38,39)40-34-29-24-21-18-15-13-11-12-14-17-20-23-28-33-37(2,3)4/h26-27,31-32H,5-25,28-30,33-34H2,1-4H3. The van der Waals surface area contributed by atoms with Crippen LogP contribution in [-0.2, 0) is 20.7 Å². The van der Waals surface area contributed by atoms with Crippen molar-refractivity contribution >= 4 is 10.1 Å². The molecular weight excluding hydrogens is 524 g/mol. The molecule has 0 bridgehead atoms. The summed E-state index contributed by atoms with van der Waals surface area (Å²) < 4.78 is 31.2. The first-order chi connectivity index (χ1) is 19.8. The fraction of sp³-hybridized carbons (Fsp3) is 0.838. The molecule has 0 N–H and O–H groups in total. The molecule has 0 saturated heterocycles. The molecule has 41 heavy (non-hydrogen) atoms. The lowest BCUT2D eigenvalue weighted by atomic mass is 9.89.